The van der Waals surface area contributed by atoms with Gasteiger partial charge in [-0.05, 0) is 58.3 Å². The van der Waals surface area contributed by atoms with Crippen LogP contribution in [-0.2, 0) is 19.0 Å². The van der Waals surface area contributed by atoms with Gasteiger partial charge in [-0.25, -0.2) is 0 Å². The molecule has 1 amide bonds. The molecule has 0 rings (SSSR count). The maximum Gasteiger partial charge on any atom is 2.00 e. The van der Waals surface area contributed by atoms with Gasteiger partial charge >= 0.3 is 31.1 Å². The topological polar surface area (TPSA) is 56.8 Å². The Morgan fingerprint density at radius 3 is 1.93 bits per heavy atom. The molecular weight excluding hydrogens is 813 g/mol. The Hall–Kier alpha value is 1.10. The monoisotopic (exact) mass is 886 g/mol. The van der Waals surface area contributed by atoms with E-state index in [0.717, 1.165) is 18.8 Å². The molecule has 0 aliphatic rings. The van der Waals surface area contributed by atoms with Crippen molar-refractivity contribution in [3.8, 4) is 0 Å². The van der Waals surface area contributed by atoms with Crippen molar-refractivity contribution in [1.82, 2.24) is 5.32 Å². The molecule has 1 N–H and O–H groups in total. The maximum atomic E-state index is 12.2. The van der Waals surface area contributed by atoms with Gasteiger partial charge in [0.2, 0.25) is 5.91 Å². The van der Waals surface area contributed by atoms with Gasteiger partial charge in [-0.15, -0.1) is 0 Å². The smallest absolute Gasteiger partial charge is 0.410 e. The van der Waals surface area contributed by atoms with Gasteiger partial charge in [0.25, 0.3) is 0 Å². The first-order valence-corrected chi connectivity index (χ1v) is 19.5. The van der Waals surface area contributed by atoms with E-state index in [-0.39, 0.29) is 60.1 Å². The number of amides is 1. The molecular formula is C36H73NO4S2U. The minimum Gasteiger partial charge on any atom is -0.410 e. The Kier molecular flexibility index (Phi) is 35.3. The molecule has 0 aliphatic carbocycles. The fraction of sp³-hybridized carbons (Fsp3) is 0.917. The summed E-state index contributed by atoms with van der Waals surface area (Å²) in [6.07, 6.45) is 15.8. The van der Waals surface area contributed by atoms with Crippen molar-refractivity contribution < 1.29 is 50.1 Å². The molecule has 0 aromatic rings. The molecule has 0 spiro atoms. The third kappa shape index (κ3) is 35.9. The first-order valence-electron chi connectivity index (χ1n) is 17.1. The number of carbonyl (C=O) groups excluding carboxylic acids is 1. The van der Waals surface area contributed by atoms with Gasteiger partial charge < -0.3 is 33.4 Å². The van der Waals surface area contributed by atoms with E-state index in [9.17, 15) is 4.79 Å². The molecule has 5 nitrogen and oxygen atoms in total. The van der Waals surface area contributed by atoms with Crippen LogP contribution in [0.5, 0.6) is 0 Å². The van der Waals surface area contributed by atoms with Gasteiger partial charge in [-0.1, -0.05) is 126 Å². The average molecular weight is 886 g/mol. The number of nitrogens with one attached hydrogen (secondary N) is 1. The van der Waals surface area contributed by atoms with Crippen LogP contribution in [0.3, 0.4) is 0 Å². The number of unbranched alkanes of at least 4 members (excludes halogenated alkanes) is 8. The van der Waals surface area contributed by atoms with Crippen LogP contribution in [0, 0.1) is 56.3 Å². The van der Waals surface area contributed by atoms with Crippen molar-refractivity contribution in [2.75, 3.05) is 32.6 Å². The van der Waals surface area contributed by atoms with Gasteiger partial charge in [-0.2, -0.15) is 0 Å². The first-order chi connectivity index (χ1) is 20.2. The normalized spacial score (nSPS) is 13.3. The molecule has 0 aromatic heterocycles. The van der Waals surface area contributed by atoms with E-state index < -0.39 is 0 Å². The van der Waals surface area contributed by atoms with E-state index in [1.54, 1.807) is 7.11 Å². The van der Waals surface area contributed by atoms with Crippen LogP contribution >= 0.6 is 21.6 Å². The number of methoxy groups -OCH3 is 1. The zero-order valence-corrected chi connectivity index (χ0v) is 36.5. The van der Waals surface area contributed by atoms with E-state index in [4.69, 9.17) is 14.2 Å². The van der Waals surface area contributed by atoms with Crippen LogP contribution in [-0.4, -0.2) is 61.6 Å². The predicted molar refractivity (Wildman–Crippen MR) is 194 cm³/mol. The summed E-state index contributed by atoms with van der Waals surface area (Å²) in [5, 5.41) is 3.00. The maximum absolute atomic E-state index is 12.2. The summed E-state index contributed by atoms with van der Waals surface area (Å²) in [4.78, 5) is 12.2. The standard InChI is InChI=1S/C31H61NO3S2.C5H12O.U/c1-10-11-12-13-14-15-16-17-18-21-30(6,7)25-31(8,9)37-36-24-20-29(33)32-22-19-23-34-27(4)28(5)35-26(2)3;1-5(2)4-6-3;/h26-28H,4-5,10-25H2,1-3,6-9H3,(H,32,33);5H,4H2,1-3H3;/q-2;;+2. The number of hydrogen-bond acceptors (Lipinski definition) is 6. The van der Waals surface area contributed by atoms with Crippen molar-refractivity contribution in [3.63, 3.8) is 0 Å². The third-order valence-electron chi connectivity index (χ3n) is 6.90. The summed E-state index contributed by atoms with van der Waals surface area (Å²) in [5.74, 6) is 1.63. The quantitative estimate of drug-likeness (QED) is 0.0504. The van der Waals surface area contributed by atoms with Gasteiger partial charge in [0.1, 0.15) is 0 Å². The molecule has 8 heteroatoms. The van der Waals surface area contributed by atoms with Gasteiger partial charge in [0.05, 0.1) is 0 Å². The molecule has 0 aliphatic heterocycles. The van der Waals surface area contributed by atoms with E-state index in [0.29, 0.717) is 30.9 Å². The van der Waals surface area contributed by atoms with Crippen LogP contribution < -0.4 is 5.32 Å². The van der Waals surface area contributed by atoms with E-state index in [1.807, 2.05) is 35.4 Å². The third-order valence-corrected chi connectivity index (χ3v) is 10.2. The van der Waals surface area contributed by atoms with Crippen molar-refractivity contribution in [2.45, 2.75) is 169 Å². The number of rotatable bonds is 27. The summed E-state index contributed by atoms with van der Waals surface area (Å²) in [5.41, 5.74) is 0.361. The van der Waals surface area contributed by atoms with Crippen LogP contribution in [0.25, 0.3) is 0 Å². The van der Waals surface area contributed by atoms with Crippen molar-refractivity contribution in [3.05, 3.63) is 13.8 Å². The Labute approximate surface area is 307 Å². The molecule has 0 heterocycles. The largest absolute Gasteiger partial charge is 2.00 e. The zero-order valence-electron chi connectivity index (χ0n) is 30.7. The van der Waals surface area contributed by atoms with Gasteiger partial charge in [-0.3, -0.25) is 4.79 Å². The van der Waals surface area contributed by atoms with Gasteiger partial charge in [0.15, 0.2) is 0 Å². The average Bonchev–Trinajstić information content (AvgIpc) is 2.89. The molecule has 0 bridgehead atoms. The molecule has 0 fully saturated rings. The molecule has 0 saturated carbocycles. The molecule has 2 atom stereocenters. The predicted octanol–water partition coefficient (Wildman–Crippen LogP) is 10.5. The molecule has 0 aromatic carbocycles. The van der Waals surface area contributed by atoms with Crippen molar-refractivity contribution in [1.29, 1.82) is 0 Å². The second-order valence-corrected chi connectivity index (χ2v) is 17.1. The summed E-state index contributed by atoms with van der Waals surface area (Å²) in [7, 11) is 5.49. The number of carbonyl (C=O) groups is 1. The molecule has 0 radical (unpaired) electrons. The Balaban J connectivity index is -0.00000216. The van der Waals surface area contributed by atoms with Crippen molar-refractivity contribution >= 4 is 27.5 Å². The summed E-state index contributed by atoms with van der Waals surface area (Å²) < 4.78 is 16.3. The molecule has 262 valence electrons. The van der Waals surface area contributed by atoms with E-state index >= 15 is 0 Å². The first kappa shape index (κ1) is 49.5. The van der Waals surface area contributed by atoms with Crippen LogP contribution in [0.1, 0.15) is 146 Å². The van der Waals surface area contributed by atoms with E-state index in [1.165, 1.54) is 70.6 Å². The zero-order chi connectivity index (χ0) is 33.2. The fourth-order valence-electron chi connectivity index (χ4n) is 5.02. The van der Waals surface area contributed by atoms with Gasteiger partial charge in [0, 0.05) is 49.9 Å². The van der Waals surface area contributed by atoms with E-state index in [2.05, 4.69) is 67.6 Å². The minimum absolute atomic E-state index is 0. The SMILES string of the molecule is COCC(C)C.[CH2-]C(OCCCNC(=O)CCSSC(C)(C)CC(C)(C)CCCCCCCCCCC)C([CH2-])OC(C)C.[U+2]. The molecule has 2 unspecified atom stereocenters. The summed E-state index contributed by atoms with van der Waals surface area (Å²) in [6, 6.07) is 0. The Bertz CT molecular complexity index is 635. The number of hydrogen-bond donors (Lipinski definition) is 1. The Morgan fingerprint density at radius 1 is 0.864 bits per heavy atom. The Morgan fingerprint density at radius 2 is 1.43 bits per heavy atom. The second-order valence-electron chi connectivity index (χ2n) is 14.0. The summed E-state index contributed by atoms with van der Waals surface area (Å²) >= 11 is 0. The minimum atomic E-state index is -0.301. The van der Waals surface area contributed by atoms with Crippen LogP contribution in [0.2, 0.25) is 0 Å². The second kappa shape index (κ2) is 31.4. The number of ether oxygens (including phenoxy) is 3. The fourth-order valence-corrected chi connectivity index (χ4v) is 7.78. The van der Waals surface area contributed by atoms with Crippen LogP contribution in [0.4, 0.5) is 0 Å². The molecule has 0 saturated heterocycles. The summed E-state index contributed by atoms with van der Waals surface area (Å²) in [6.45, 7) is 29.9. The van der Waals surface area contributed by atoms with Crippen LogP contribution in [0.15, 0.2) is 0 Å². The van der Waals surface area contributed by atoms with Crippen molar-refractivity contribution in [2.24, 2.45) is 11.3 Å². The molecule has 44 heavy (non-hydrogen) atoms.